The van der Waals surface area contributed by atoms with E-state index in [1.54, 1.807) is 0 Å². The summed E-state index contributed by atoms with van der Waals surface area (Å²) < 4.78 is 40.3. The summed E-state index contributed by atoms with van der Waals surface area (Å²) in [7, 11) is 0.0143. The lowest BCUT2D eigenvalue weighted by Crippen LogP contribution is -2.41. The minimum atomic E-state index is -3.78. The molecule has 1 saturated heterocycles. The number of hydrogen-bond acceptors (Lipinski definition) is 4. The summed E-state index contributed by atoms with van der Waals surface area (Å²) in [5.41, 5.74) is 5.25. The second kappa shape index (κ2) is 6.08. The monoisotopic (exact) mass is 335 g/mol. The topological polar surface area (TPSA) is 66.6 Å². The van der Waals surface area contributed by atoms with Crippen LogP contribution in [0, 0.1) is 5.82 Å². The first-order valence-electron chi connectivity index (χ1n) is 6.64. The van der Waals surface area contributed by atoms with E-state index in [1.807, 2.05) is 19.0 Å². The number of nitrogens with zero attached hydrogens (tertiary/aromatic N) is 2. The lowest BCUT2D eigenvalue weighted by atomic mass is 10.2. The Morgan fingerprint density at radius 3 is 2.76 bits per heavy atom. The Morgan fingerprint density at radius 2 is 2.14 bits per heavy atom. The van der Waals surface area contributed by atoms with Gasteiger partial charge in [0.05, 0.1) is 10.7 Å². The molecule has 0 spiro atoms. The molecule has 1 unspecified atom stereocenters. The molecule has 1 aromatic carbocycles. The van der Waals surface area contributed by atoms with Crippen LogP contribution in [0.25, 0.3) is 0 Å². The molecule has 1 aromatic rings. The molecule has 0 aromatic heterocycles. The van der Waals surface area contributed by atoms with E-state index in [-0.39, 0.29) is 21.6 Å². The average molecular weight is 336 g/mol. The number of benzene rings is 1. The third kappa shape index (κ3) is 3.31. The summed E-state index contributed by atoms with van der Waals surface area (Å²) in [5.74, 6) is -0.717. The van der Waals surface area contributed by atoms with Crippen LogP contribution in [0.3, 0.4) is 0 Å². The molecule has 2 rings (SSSR count). The molecule has 0 amide bonds. The Balaban J connectivity index is 2.40. The van der Waals surface area contributed by atoms with Crippen LogP contribution in [0.5, 0.6) is 0 Å². The molecule has 118 valence electrons. The SMILES string of the molecule is CN(C)CC1CCCN1S(=O)(=O)c1cc(N)c(F)cc1Cl. The van der Waals surface area contributed by atoms with E-state index in [1.165, 1.54) is 4.31 Å². The molecule has 1 aliphatic heterocycles. The summed E-state index contributed by atoms with van der Waals surface area (Å²) in [6.45, 7) is 1.07. The Bertz CT molecular complexity index is 637. The highest BCUT2D eigenvalue weighted by atomic mass is 35.5. The van der Waals surface area contributed by atoms with Crippen molar-refractivity contribution in [3.8, 4) is 0 Å². The summed E-state index contributed by atoms with van der Waals surface area (Å²) >= 11 is 5.91. The fourth-order valence-corrected chi connectivity index (χ4v) is 4.81. The van der Waals surface area contributed by atoms with Gasteiger partial charge in [0.25, 0.3) is 0 Å². The predicted octanol–water partition coefficient (Wildman–Crippen LogP) is 1.78. The molecule has 21 heavy (non-hydrogen) atoms. The van der Waals surface area contributed by atoms with Gasteiger partial charge in [-0.25, -0.2) is 12.8 Å². The number of hydrogen-bond donors (Lipinski definition) is 1. The number of nitrogen functional groups attached to an aromatic ring is 1. The standard InChI is InChI=1S/C13H19ClFN3O2S/c1-17(2)8-9-4-3-5-18(9)21(19,20)13-7-12(16)11(15)6-10(13)14/h6-7,9H,3-5,8,16H2,1-2H3. The van der Waals surface area contributed by atoms with Gasteiger partial charge in [-0.15, -0.1) is 0 Å². The molecule has 0 bridgehead atoms. The van der Waals surface area contributed by atoms with E-state index < -0.39 is 15.8 Å². The number of rotatable bonds is 4. The van der Waals surface area contributed by atoms with Crippen molar-refractivity contribution in [1.29, 1.82) is 0 Å². The molecule has 1 aliphatic rings. The lowest BCUT2D eigenvalue weighted by molar-refractivity contribution is 0.291. The van der Waals surface area contributed by atoms with E-state index in [0.717, 1.165) is 25.0 Å². The van der Waals surface area contributed by atoms with Gasteiger partial charge >= 0.3 is 0 Å². The van der Waals surface area contributed by atoms with Crippen molar-refractivity contribution in [2.24, 2.45) is 0 Å². The first-order valence-corrected chi connectivity index (χ1v) is 8.46. The smallest absolute Gasteiger partial charge is 0.244 e. The summed E-state index contributed by atoms with van der Waals surface area (Å²) in [5, 5.41) is -0.141. The van der Waals surface area contributed by atoms with Gasteiger partial charge in [0.2, 0.25) is 10.0 Å². The summed E-state index contributed by atoms with van der Waals surface area (Å²) in [6, 6.07) is 1.94. The van der Waals surface area contributed by atoms with Crippen molar-refractivity contribution in [2.75, 3.05) is 32.9 Å². The van der Waals surface area contributed by atoms with E-state index in [9.17, 15) is 12.8 Å². The molecule has 5 nitrogen and oxygen atoms in total. The first-order chi connectivity index (χ1) is 9.73. The second-order valence-corrected chi connectivity index (χ2v) is 7.74. The fourth-order valence-electron chi connectivity index (χ4n) is 2.60. The zero-order chi connectivity index (χ0) is 15.8. The molecule has 0 aliphatic carbocycles. The highest BCUT2D eigenvalue weighted by molar-refractivity contribution is 7.89. The van der Waals surface area contributed by atoms with Crippen molar-refractivity contribution in [3.63, 3.8) is 0 Å². The third-order valence-electron chi connectivity index (χ3n) is 3.54. The fraction of sp³-hybridized carbons (Fsp3) is 0.538. The molecular formula is C13H19ClFN3O2S. The Hall–Kier alpha value is -0.890. The number of likely N-dealkylation sites (N-methyl/N-ethyl adjacent to an activating group) is 1. The van der Waals surface area contributed by atoms with Gasteiger partial charge in [0, 0.05) is 19.1 Å². The van der Waals surface area contributed by atoms with Crippen LogP contribution in [0.15, 0.2) is 17.0 Å². The highest BCUT2D eigenvalue weighted by Gasteiger charge is 2.36. The van der Waals surface area contributed by atoms with Crippen LogP contribution in [0.4, 0.5) is 10.1 Å². The molecule has 0 saturated carbocycles. The Labute approximate surface area is 129 Å². The van der Waals surface area contributed by atoms with Gasteiger partial charge in [-0.3, -0.25) is 0 Å². The van der Waals surface area contributed by atoms with Crippen LogP contribution in [0.2, 0.25) is 5.02 Å². The maximum absolute atomic E-state index is 13.3. The minimum Gasteiger partial charge on any atom is -0.396 e. The van der Waals surface area contributed by atoms with Gasteiger partial charge in [-0.05, 0) is 39.1 Å². The molecule has 2 N–H and O–H groups in total. The third-order valence-corrected chi connectivity index (χ3v) is 5.95. The second-order valence-electron chi connectivity index (χ2n) is 5.48. The van der Waals surface area contributed by atoms with E-state index in [4.69, 9.17) is 17.3 Å². The van der Waals surface area contributed by atoms with Crippen molar-refractivity contribution < 1.29 is 12.8 Å². The molecule has 0 radical (unpaired) electrons. The van der Waals surface area contributed by atoms with Crippen LogP contribution >= 0.6 is 11.6 Å². The summed E-state index contributed by atoms with van der Waals surface area (Å²) in [6.07, 6.45) is 1.59. The zero-order valence-corrected chi connectivity index (χ0v) is 13.6. The van der Waals surface area contributed by atoms with Crippen LogP contribution in [-0.2, 0) is 10.0 Å². The van der Waals surface area contributed by atoms with Gasteiger partial charge in [-0.1, -0.05) is 11.6 Å². The van der Waals surface area contributed by atoms with Crippen molar-refractivity contribution >= 4 is 27.3 Å². The minimum absolute atomic E-state index is 0.104. The molecule has 8 heteroatoms. The van der Waals surface area contributed by atoms with Crippen molar-refractivity contribution in [1.82, 2.24) is 9.21 Å². The molecule has 1 heterocycles. The van der Waals surface area contributed by atoms with Crippen LogP contribution in [-0.4, -0.2) is 50.8 Å². The molecule has 1 atom stereocenters. The van der Waals surface area contributed by atoms with E-state index in [2.05, 4.69) is 0 Å². The molecular weight excluding hydrogens is 317 g/mol. The van der Waals surface area contributed by atoms with Crippen molar-refractivity contribution in [2.45, 2.75) is 23.8 Å². The zero-order valence-electron chi connectivity index (χ0n) is 12.0. The molecule has 1 fully saturated rings. The average Bonchev–Trinajstić information content (AvgIpc) is 2.81. The first kappa shape index (κ1) is 16.5. The number of nitrogens with two attached hydrogens (primary N) is 1. The van der Waals surface area contributed by atoms with Crippen LogP contribution in [0.1, 0.15) is 12.8 Å². The van der Waals surface area contributed by atoms with Crippen molar-refractivity contribution in [3.05, 3.63) is 23.0 Å². The quantitative estimate of drug-likeness (QED) is 0.852. The normalized spacial score (nSPS) is 20.3. The number of sulfonamides is 1. The number of anilines is 1. The number of halogens is 2. The van der Waals surface area contributed by atoms with Gasteiger partial charge in [0.15, 0.2) is 0 Å². The Morgan fingerprint density at radius 1 is 1.48 bits per heavy atom. The van der Waals surface area contributed by atoms with E-state index >= 15 is 0 Å². The maximum Gasteiger partial charge on any atom is 0.244 e. The largest absolute Gasteiger partial charge is 0.396 e. The predicted molar refractivity (Wildman–Crippen MR) is 81.3 cm³/mol. The van der Waals surface area contributed by atoms with Crippen LogP contribution < -0.4 is 5.73 Å². The van der Waals surface area contributed by atoms with Gasteiger partial charge in [0.1, 0.15) is 10.7 Å². The van der Waals surface area contributed by atoms with Gasteiger partial charge in [-0.2, -0.15) is 4.31 Å². The Kier molecular flexibility index (Phi) is 4.77. The van der Waals surface area contributed by atoms with Gasteiger partial charge < -0.3 is 10.6 Å². The summed E-state index contributed by atoms with van der Waals surface area (Å²) in [4.78, 5) is 1.81. The maximum atomic E-state index is 13.3. The highest BCUT2D eigenvalue weighted by Crippen LogP contribution is 2.32. The van der Waals surface area contributed by atoms with E-state index in [0.29, 0.717) is 13.1 Å². The lowest BCUT2D eigenvalue weighted by Gasteiger charge is -2.26.